The first-order valence-electron chi connectivity index (χ1n) is 44.6. The van der Waals surface area contributed by atoms with Crippen LogP contribution in [0.5, 0.6) is 0 Å². The van der Waals surface area contributed by atoms with E-state index in [1.165, 1.54) is 289 Å². The average Bonchev–Trinajstić information content (AvgIpc) is 0.907. The normalized spacial score (nSPS) is 13.8. The number of hydrogen-bond donors (Lipinski definition) is 3. The van der Waals surface area contributed by atoms with Crippen LogP contribution in [0.3, 0.4) is 0 Å². The van der Waals surface area contributed by atoms with Crippen molar-refractivity contribution < 1.29 is 80.2 Å². The van der Waals surface area contributed by atoms with Gasteiger partial charge in [-0.15, -0.1) is 0 Å². The summed E-state index contributed by atoms with van der Waals surface area (Å²) in [5.74, 6) is -1.28. The molecule has 19 heteroatoms. The predicted octanol–water partition coefficient (Wildman–Crippen LogP) is 26.4. The molecule has 0 aliphatic heterocycles. The third kappa shape index (κ3) is 79.9. The van der Waals surface area contributed by atoms with E-state index in [-0.39, 0.29) is 25.7 Å². The second-order valence-electron chi connectivity index (χ2n) is 31.4. The molecule has 0 aromatic heterocycles. The molecule has 2 unspecified atom stereocenters. The quantitative estimate of drug-likeness (QED) is 0.0222. The van der Waals surface area contributed by atoms with Gasteiger partial charge in [-0.25, -0.2) is 9.13 Å². The van der Waals surface area contributed by atoms with Crippen LogP contribution in [0.15, 0.2) is 0 Å². The number of carbonyl (C=O) groups is 4. The third-order valence-electron chi connectivity index (χ3n) is 20.3. The zero-order valence-corrected chi connectivity index (χ0v) is 70.7. The Bertz CT molecular complexity index is 2000. The number of carbonyl (C=O) groups excluding carboxylic acids is 4. The van der Waals surface area contributed by atoms with Gasteiger partial charge in [0.05, 0.1) is 26.4 Å². The van der Waals surface area contributed by atoms with Gasteiger partial charge in [0.15, 0.2) is 12.2 Å². The van der Waals surface area contributed by atoms with E-state index in [0.29, 0.717) is 25.7 Å². The van der Waals surface area contributed by atoms with E-state index in [0.717, 1.165) is 95.8 Å². The summed E-state index contributed by atoms with van der Waals surface area (Å²) in [6, 6.07) is 0. The van der Waals surface area contributed by atoms with Crippen molar-refractivity contribution in [2.75, 3.05) is 39.6 Å². The van der Waals surface area contributed by atoms with Crippen LogP contribution in [-0.2, 0) is 65.4 Å². The molecule has 0 spiro atoms. The van der Waals surface area contributed by atoms with Crippen molar-refractivity contribution >= 4 is 39.5 Å². The zero-order valence-electron chi connectivity index (χ0n) is 68.9. The van der Waals surface area contributed by atoms with Gasteiger partial charge in [-0.2, -0.15) is 0 Å². The van der Waals surface area contributed by atoms with Crippen LogP contribution in [-0.4, -0.2) is 96.7 Å². The van der Waals surface area contributed by atoms with Crippen LogP contribution in [0, 0.1) is 5.92 Å². The Morgan fingerprint density at radius 1 is 0.257 bits per heavy atom. The molecule has 0 aliphatic carbocycles. The Morgan fingerprint density at radius 3 is 0.648 bits per heavy atom. The molecule has 0 saturated heterocycles. The van der Waals surface area contributed by atoms with Crippen LogP contribution < -0.4 is 0 Å². The molecule has 0 aromatic rings. The van der Waals surface area contributed by atoms with Crippen molar-refractivity contribution in [1.82, 2.24) is 0 Å². The zero-order chi connectivity index (χ0) is 76.9. The molecule has 0 radical (unpaired) electrons. The van der Waals surface area contributed by atoms with E-state index < -0.39 is 97.5 Å². The van der Waals surface area contributed by atoms with Crippen molar-refractivity contribution in [1.29, 1.82) is 0 Å². The van der Waals surface area contributed by atoms with Gasteiger partial charge in [-0.05, 0) is 31.6 Å². The fourth-order valence-electron chi connectivity index (χ4n) is 13.5. The van der Waals surface area contributed by atoms with E-state index >= 15 is 0 Å². The van der Waals surface area contributed by atoms with Gasteiger partial charge < -0.3 is 33.8 Å². The maximum atomic E-state index is 13.1. The molecule has 624 valence electrons. The standard InChI is InChI=1S/C86H168O17P2/c1-6-9-12-15-18-21-24-27-29-32-36-41-45-50-55-60-65-70-84(89)97-76-82(103-86(91)72-67-62-57-52-47-42-37-34-31-30-33-35-39-43-48-53-58-63-68-79(4)5)78-101-105(94,95)99-74-80(87)73-98-104(92,93)100-77-81(75-96-83(88)69-64-59-54-49-44-38-26-23-20-17-14-11-8-3)102-85(90)71-66-61-56-51-46-40-28-25-22-19-16-13-10-7-2/h79-82,87H,6-78H2,1-5H3,(H,92,93)(H,94,95)/t80-,81+,82+/m0/s1. The molecule has 0 amide bonds. The SMILES string of the molecule is CCCCCCCCCCCCCCCCCCCC(=O)OC[C@H](COP(=O)(O)OC[C@@H](O)COP(=O)(O)OC[C@@H](COC(=O)CCCCCCCCCCCCCCC)OC(=O)CCCCCCCCCCCCCCCC)OC(=O)CCCCCCCCCCCCCCCCCCCCC(C)C. The number of hydrogen-bond acceptors (Lipinski definition) is 15. The van der Waals surface area contributed by atoms with Crippen molar-refractivity contribution in [2.45, 2.75) is 483 Å². The molecule has 0 saturated carbocycles. The van der Waals surface area contributed by atoms with E-state index in [9.17, 15) is 43.2 Å². The number of aliphatic hydroxyl groups is 1. The van der Waals surface area contributed by atoms with E-state index in [1.54, 1.807) is 0 Å². The second kappa shape index (κ2) is 78.7. The van der Waals surface area contributed by atoms with Crippen molar-refractivity contribution in [2.24, 2.45) is 5.92 Å². The summed E-state index contributed by atoms with van der Waals surface area (Å²) >= 11 is 0. The molecule has 0 aromatic carbocycles. The molecule has 17 nitrogen and oxygen atoms in total. The van der Waals surface area contributed by atoms with Gasteiger partial charge in [0.1, 0.15) is 19.3 Å². The van der Waals surface area contributed by atoms with Gasteiger partial charge in [-0.1, -0.05) is 413 Å². The Hall–Kier alpha value is -1.94. The molecule has 0 aliphatic rings. The smallest absolute Gasteiger partial charge is 0.462 e. The summed E-state index contributed by atoms with van der Waals surface area (Å²) in [4.78, 5) is 73.2. The van der Waals surface area contributed by atoms with Gasteiger partial charge >= 0.3 is 39.5 Å². The van der Waals surface area contributed by atoms with E-state index in [1.807, 2.05) is 0 Å². The molecular weight excluding hydrogens is 1370 g/mol. The maximum Gasteiger partial charge on any atom is 0.472 e. The molecule has 0 fully saturated rings. The molecular formula is C86H168O17P2. The lowest BCUT2D eigenvalue weighted by molar-refractivity contribution is -0.161. The highest BCUT2D eigenvalue weighted by Gasteiger charge is 2.30. The largest absolute Gasteiger partial charge is 0.472 e. The fourth-order valence-corrected chi connectivity index (χ4v) is 15.1. The highest BCUT2D eigenvalue weighted by atomic mass is 31.2. The maximum absolute atomic E-state index is 13.1. The van der Waals surface area contributed by atoms with Crippen molar-refractivity contribution in [3.63, 3.8) is 0 Å². The topological polar surface area (TPSA) is 237 Å². The summed E-state index contributed by atoms with van der Waals surface area (Å²) in [7, 11) is -9.93. The van der Waals surface area contributed by atoms with Crippen LogP contribution in [0.4, 0.5) is 0 Å². The highest BCUT2D eigenvalue weighted by Crippen LogP contribution is 2.45. The van der Waals surface area contributed by atoms with Crippen LogP contribution in [0.1, 0.15) is 465 Å². The fraction of sp³-hybridized carbons (Fsp3) is 0.953. The Labute approximate surface area is 645 Å². The van der Waals surface area contributed by atoms with Crippen LogP contribution in [0.25, 0.3) is 0 Å². The molecule has 0 bridgehead atoms. The molecule has 5 atom stereocenters. The summed E-state index contributed by atoms with van der Waals surface area (Å²) in [6.07, 6.45) is 72.1. The third-order valence-corrected chi connectivity index (χ3v) is 22.2. The first-order chi connectivity index (χ1) is 51.0. The van der Waals surface area contributed by atoms with Gasteiger partial charge in [-0.3, -0.25) is 37.3 Å². The number of rotatable bonds is 86. The first-order valence-corrected chi connectivity index (χ1v) is 47.6. The first kappa shape index (κ1) is 103. The van der Waals surface area contributed by atoms with Gasteiger partial charge in [0, 0.05) is 25.7 Å². The molecule has 0 rings (SSSR count). The number of ether oxygens (including phenoxy) is 4. The van der Waals surface area contributed by atoms with Crippen LogP contribution in [0.2, 0.25) is 0 Å². The average molecular weight is 1540 g/mol. The molecule has 0 heterocycles. The number of aliphatic hydroxyl groups excluding tert-OH is 1. The Kier molecular flexibility index (Phi) is 77.3. The summed E-state index contributed by atoms with van der Waals surface area (Å²) < 4.78 is 68.9. The lowest BCUT2D eigenvalue weighted by Crippen LogP contribution is -2.30. The Balaban J connectivity index is 5.25. The highest BCUT2D eigenvalue weighted by molar-refractivity contribution is 7.47. The minimum absolute atomic E-state index is 0.109. The molecule has 105 heavy (non-hydrogen) atoms. The number of phosphoric ester groups is 2. The van der Waals surface area contributed by atoms with Gasteiger partial charge in [0.25, 0.3) is 0 Å². The van der Waals surface area contributed by atoms with Crippen molar-refractivity contribution in [3.8, 4) is 0 Å². The van der Waals surface area contributed by atoms with Gasteiger partial charge in [0.2, 0.25) is 0 Å². The monoisotopic (exact) mass is 1540 g/mol. The summed E-state index contributed by atoms with van der Waals surface area (Å²) in [5.41, 5.74) is 0. The minimum Gasteiger partial charge on any atom is -0.462 e. The summed E-state index contributed by atoms with van der Waals surface area (Å²) in [6.45, 7) is 7.41. The second-order valence-corrected chi connectivity index (χ2v) is 34.3. The van der Waals surface area contributed by atoms with Crippen molar-refractivity contribution in [3.05, 3.63) is 0 Å². The number of phosphoric acid groups is 2. The minimum atomic E-state index is -4.97. The summed E-state index contributed by atoms with van der Waals surface area (Å²) in [5, 5.41) is 10.7. The molecule has 3 N–H and O–H groups in total. The van der Waals surface area contributed by atoms with E-state index in [4.69, 9.17) is 37.0 Å². The van der Waals surface area contributed by atoms with Crippen LogP contribution >= 0.6 is 15.6 Å². The Morgan fingerprint density at radius 2 is 0.438 bits per heavy atom. The lowest BCUT2D eigenvalue weighted by atomic mass is 10.0. The van der Waals surface area contributed by atoms with E-state index in [2.05, 4.69) is 34.6 Å². The number of unbranched alkanes of at least 4 members (excludes halogenated alkanes) is 58. The number of esters is 4. The predicted molar refractivity (Wildman–Crippen MR) is 432 cm³/mol. The lowest BCUT2D eigenvalue weighted by Gasteiger charge is -2.21.